The Kier molecular flexibility index (Phi) is 11.6. The molecule has 0 aromatic rings. The monoisotopic (exact) mass is 808 g/mol. The zero-order valence-electron chi connectivity index (χ0n) is 33.9. The van der Waals surface area contributed by atoms with Crippen LogP contribution < -0.4 is 0 Å². The molecule has 0 spiro atoms. The highest BCUT2D eigenvalue weighted by molar-refractivity contribution is 5.85. The fraction of sp³-hybridized carbons (Fsp3) is 0.905. The van der Waals surface area contributed by atoms with Gasteiger partial charge in [-0.1, -0.05) is 13.8 Å². The lowest BCUT2D eigenvalue weighted by Crippen LogP contribution is -2.62. The third-order valence-corrected chi connectivity index (χ3v) is 16.1. The minimum atomic E-state index is -1.44. The summed E-state index contributed by atoms with van der Waals surface area (Å²) >= 11 is 0. The van der Waals surface area contributed by atoms with Gasteiger partial charge in [-0.25, -0.2) is 9.59 Å². The maximum atomic E-state index is 12.6. The second-order valence-corrected chi connectivity index (χ2v) is 19.1. The molecular formula is C42H64O15. The van der Waals surface area contributed by atoms with Crippen molar-refractivity contribution in [2.45, 2.75) is 197 Å². The van der Waals surface area contributed by atoms with Crippen LogP contribution in [0.3, 0.4) is 0 Å². The van der Waals surface area contributed by atoms with Crippen LogP contribution in [0.1, 0.15) is 112 Å². The van der Waals surface area contributed by atoms with E-state index >= 15 is 0 Å². The molecule has 15 heteroatoms. The van der Waals surface area contributed by atoms with Crippen molar-refractivity contribution >= 4 is 12.1 Å². The normalized spacial score (nSPS) is 52.5. The summed E-state index contributed by atoms with van der Waals surface area (Å²) in [5.74, 6) is 0.926. The van der Waals surface area contributed by atoms with E-state index in [1.54, 1.807) is 26.8 Å². The van der Waals surface area contributed by atoms with E-state index in [2.05, 4.69) is 13.8 Å². The third kappa shape index (κ3) is 7.58. The van der Waals surface area contributed by atoms with Gasteiger partial charge < -0.3 is 63.4 Å². The Labute approximate surface area is 334 Å². The lowest BCUT2D eigenvalue weighted by molar-refractivity contribution is -0.336. The van der Waals surface area contributed by atoms with Crippen LogP contribution in [0.5, 0.6) is 0 Å². The van der Waals surface area contributed by atoms with Crippen molar-refractivity contribution in [2.75, 3.05) is 6.61 Å². The van der Waals surface area contributed by atoms with E-state index in [0.29, 0.717) is 18.4 Å². The Morgan fingerprint density at radius 3 is 2.09 bits per heavy atom. The van der Waals surface area contributed by atoms with Crippen LogP contribution in [0.2, 0.25) is 0 Å². The SMILES string of the molecule is C[C@H]1O[C@@H](O[C@H]2[C@@H](O)C[C@H](O[C@H]3[C@@H](OC(=O)O)C[C@H](O[C@H]4CC[C@@]5(C)[C@H](CC[C@@H]6[C@@H]5CC[C@]5(C)[C@@H](C7=CC(=O)OC7)CC[C@]65O)C4)O[C@@H]3C)O[C@@H]2C)C[C@H](O)[C@@H]1O. The molecule has 3 saturated heterocycles. The molecular weight excluding hydrogens is 744 g/mol. The standard InChI is InChI=1S/C42H64O15/c1-20-36(46)29(43)16-33(51-20)56-37-21(2)52-34(17-30(37)44)57-38-22(3)53-35(18-31(38)55-39(47)48)54-25-8-11-40(4)24(15-25)6-7-28-27(40)9-12-41(5)26(10-13-42(28,41)49)23-14-32(45)50-19-23/h14,20-22,24-31,33-38,43-44,46,49H,6-13,15-19H2,1-5H3,(H,47,48)/t20-,21-,22-,24-,25+,26-,27+,28-,29+,30+,31+,33+,34+,35+,36-,37-,38-,40+,41-,42+/m1/s1. The molecule has 322 valence electrons. The maximum absolute atomic E-state index is 12.6. The molecule has 0 amide bonds. The van der Waals surface area contributed by atoms with Crippen LogP contribution >= 0.6 is 0 Å². The number of rotatable bonds is 8. The number of ether oxygens (including phenoxy) is 8. The Bertz CT molecular complexity index is 1500. The number of carbonyl (C=O) groups is 2. The number of hydrogen-bond donors (Lipinski definition) is 5. The van der Waals surface area contributed by atoms with E-state index in [0.717, 1.165) is 63.4 Å². The van der Waals surface area contributed by atoms with Crippen LogP contribution in [0.25, 0.3) is 0 Å². The van der Waals surface area contributed by atoms with Gasteiger partial charge in [0.2, 0.25) is 0 Å². The number of esters is 1. The average molecular weight is 809 g/mol. The number of carboxylic acid groups (broad SMARTS) is 1. The predicted molar refractivity (Wildman–Crippen MR) is 198 cm³/mol. The molecule has 20 atom stereocenters. The van der Waals surface area contributed by atoms with Crippen LogP contribution in [0.15, 0.2) is 11.6 Å². The molecule has 15 nitrogen and oxygen atoms in total. The molecule has 5 N–H and O–H groups in total. The van der Waals surface area contributed by atoms with Crippen molar-refractivity contribution < 1.29 is 73.0 Å². The minimum Gasteiger partial charge on any atom is -0.458 e. The smallest absolute Gasteiger partial charge is 0.458 e. The molecule has 4 aliphatic heterocycles. The quantitative estimate of drug-likeness (QED) is 0.174. The van der Waals surface area contributed by atoms with Crippen LogP contribution in [-0.2, 0) is 42.7 Å². The summed E-state index contributed by atoms with van der Waals surface area (Å²) in [5, 5.41) is 53.6. The van der Waals surface area contributed by atoms with Crippen molar-refractivity contribution in [3.05, 3.63) is 11.6 Å². The van der Waals surface area contributed by atoms with Crippen molar-refractivity contribution in [3.8, 4) is 0 Å². The fourth-order valence-corrected chi connectivity index (χ4v) is 13.0. The second-order valence-electron chi connectivity index (χ2n) is 19.1. The van der Waals surface area contributed by atoms with Gasteiger partial charge in [0.1, 0.15) is 31.0 Å². The van der Waals surface area contributed by atoms with Crippen molar-refractivity contribution in [1.29, 1.82) is 0 Å². The van der Waals surface area contributed by atoms with Gasteiger partial charge in [-0.2, -0.15) is 0 Å². The first-order chi connectivity index (χ1) is 27.0. The van der Waals surface area contributed by atoms with Crippen LogP contribution in [0, 0.1) is 34.5 Å². The molecule has 0 aromatic heterocycles. The first-order valence-electron chi connectivity index (χ1n) is 21.4. The average Bonchev–Trinajstić information content (AvgIpc) is 3.69. The van der Waals surface area contributed by atoms with Gasteiger partial charge in [0.25, 0.3) is 0 Å². The first kappa shape index (κ1) is 41.8. The summed E-state index contributed by atoms with van der Waals surface area (Å²) in [6, 6.07) is 0. The molecule has 7 fully saturated rings. The van der Waals surface area contributed by atoms with E-state index in [4.69, 9.17) is 37.9 Å². The Balaban J connectivity index is 0.863. The number of carbonyl (C=O) groups excluding carboxylic acids is 1. The van der Waals surface area contributed by atoms with Gasteiger partial charge in [0.05, 0.1) is 42.2 Å². The summed E-state index contributed by atoms with van der Waals surface area (Å²) in [6.45, 7) is 10.2. The predicted octanol–water partition coefficient (Wildman–Crippen LogP) is 3.95. The summed E-state index contributed by atoms with van der Waals surface area (Å²) in [7, 11) is 0. The Hall–Kier alpha value is -1.92. The fourth-order valence-electron chi connectivity index (χ4n) is 13.0. The number of cyclic esters (lactones) is 1. The van der Waals surface area contributed by atoms with E-state index in [1.807, 2.05) is 0 Å². The topological polar surface area (TPSA) is 209 Å². The lowest BCUT2D eigenvalue weighted by Gasteiger charge is -2.64. The zero-order valence-corrected chi connectivity index (χ0v) is 33.9. The highest BCUT2D eigenvalue weighted by Gasteiger charge is 2.68. The van der Waals surface area contributed by atoms with Gasteiger partial charge >= 0.3 is 12.1 Å². The largest absolute Gasteiger partial charge is 0.506 e. The minimum absolute atomic E-state index is 0.0285. The van der Waals surface area contributed by atoms with Gasteiger partial charge in [-0.3, -0.25) is 0 Å². The van der Waals surface area contributed by atoms with Crippen molar-refractivity contribution in [2.24, 2.45) is 34.5 Å². The molecule has 0 bridgehead atoms. The van der Waals surface area contributed by atoms with Gasteiger partial charge in [0.15, 0.2) is 18.9 Å². The number of aliphatic hydroxyl groups is 4. The lowest BCUT2D eigenvalue weighted by atomic mass is 9.43. The van der Waals surface area contributed by atoms with Gasteiger partial charge in [-0.05, 0) is 113 Å². The third-order valence-electron chi connectivity index (χ3n) is 16.1. The number of hydrogen-bond acceptors (Lipinski definition) is 14. The molecule has 57 heavy (non-hydrogen) atoms. The molecule has 8 rings (SSSR count). The number of aliphatic hydroxyl groups excluding tert-OH is 3. The highest BCUT2D eigenvalue weighted by atomic mass is 16.8. The van der Waals surface area contributed by atoms with Gasteiger partial charge in [0, 0.05) is 30.8 Å². The summed E-state index contributed by atoms with van der Waals surface area (Å²) in [6.07, 6.45) is -1.37. The van der Waals surface area contributed by atoms with Gasteiger partial charge in [-0.15, -0.1) is 0 Å². The molecule has 0 radical (unpaired) electrons. The van der Waals surface area contributed by atoms with E-state index in [9.17, 15) is 35.1 Å². The zero-order chi connectivity index (χ0) is 40.6. The number of fused-ring (bicyclic) bond motifs is 5. The Morgan fingerprint density at radius 2 is 1.42 bits per heavy atom. The molecule has 0 unspecified atom stereocenters. The van der Waals surface area contributed by atoms with E-state index in [1.165, 1.54) is 0 Å². The molecule has 4 aliphatic carbocycles. The Morgan fingerprint density at radius 1 is 0.754 bits per heavy atom. The summed E-state index contributed by atoms with van der Waals surface area (Å²) < 4.78 is 47.7. The van der Waals surface area contributed by atoms with Crippen molar-refractivity contribution in [3.63, 3.8) is 0 Å². The molecule has 4 saturated carbocycles. The van der Waals surface area contributed by atoms with Crippen LogP contribution in [-0.4, -0.2) is 130 Å². The maximum Gasteiger partial charge on any atom is 0.506 e. The molecule has 0 aromatic carbocycles. The highest BCUT2D eigenvalue weighted by Crippen LogP contribution is 2.70. The summed E-state index contributed by atoms with van der Waals surface area (Å²) in [4.78, 5) is 23.8. The van der Waals surface area contributed by atoms with E-state index < -0.39 is 85.6 Å². The molecule has 8 aliphatic rings. The molecule has 4 heterocycles. The van der Waals surface area contributed by atoms with Crippen LogP contribution in [0.4, 0.5) is 4.79 Å². The summed E-state index contributed by atoms with van der Waals surface area (Å²) in [5.41, 5.74) is 0.0601. The first-order valence-corrected chi connectivity index (χ1v) is 21.4. The second kappa shape index (κ2) is 15.8. The van der Waals surface area contributed by atoms with E-state index in [-0.39, 0.29) is 54.0 Å². The van der Waals surface area contributed by atoms with Crippen molar-refractivity contribution in [1.82, 2.24) is 0 Å².